The van der Waals surface area contributed by atoms with Crippen molar-refractivity contribution in [3.8, 4) is 0 Å². The molecule has 16 heavy (non-hydrogen) atoms. The van der Waals surface area contributed by atoms with Crippen LogP contribution in [-0.4, -0.2) is 28.8 Å². The summed E-state index contributed by atoms with van der Waals surface area (Å²) in [7, 11) is 0. The van der Waals surface area contributed by atoms with Gasteiger partial charge in [-0.25, -0.2) is 4.98 Å². The van der Waals surface area contributed by atoms with Crippen molar-refractivity contribution < 1.29 is 4.79 Å². The minimum atomic E-state index is 0.193. The molecule has 1 aliphatic heterocycles. The first kappa shape index (κ1) is 11.7. The molecule has 0 spiro atoms. The molecule has 3 nitrogen and oxygen atoms in total. The molecule has 1 aromatic rings. The van der Waals surface area contributed by atoms with Gasteiger partial charge in [0.25, 0.3) is 0 Å². The highest BCUT2D eigenvalue weighted by molar-refractivity contribution is 7.09. The van der Waals surface area contributed by atoms with E-state index in [1.54, 1.807) is 11.3 Å². The number of hydrogen-bond acceptors (Lipinski definition) is 4. The van der Waals surface area contributed by atoms with E-state index in [0.717, 1.165) is 31.7 Å². The number of carbonyl (C=O) groups excluding carboxylic acids is 1. The van der Waals surface area contributed by atoms with Crippen LogP contribution in [-0.2, 0) is 17.8 Å². The molecule has 0 saturated carbocycles. The number of rotatable bonds is 3. The summed E-state index contributed by atoms with van der Waals surface area (Å²) in [4.78, 5) is 18.3. The van der Waals surface area contributed by atoms with Crippen LogP contribution in [0.4, 0.5) is 0 Å². The molecule has 1 aliphatic rings. The van der Waals surface area contributed by atoms with Crippen LogP contribution in [0.2, 0.25) is 0 Å². The summed E-state index contributed by atoms with van der Waals surface area (Å²) in [5, 5.41) is 3.34. The van der Waals surface area contributed by atoms with Crippen LogP contribution < -0.4 is 0 Å². The number of likely N-dealkylation sites (tertiary alicyclic amines) is 1. The Labute approximate surface area is 100 Å². The van der Waals surface area contributed by atoms with Gasteiger partial charge in [0.2, 0.25) is 0 Å². The molecule has 88 valence electrons. The van der Waals surface area contributed by atoms with E-state index in [4.69, 9.17) is 0 Å². The molecule has 1 unspecified atom stereocenters. The summed E-state index contributed by atoms with van der Waals surface area (Å²) in [6.45, 7) is 6.82. The number of nitrogens with zero attached hydrogens (tertiary/aromatic N) is 2. The topological polar surface area (TPSA) is 33.2 Å². The first-order chi connectivity index (χ1) is 7.69. The molecule has 4 heteroatoms. The summed E-state index contributed by atoms with van der Waals surface area (Å²) in [6.07, 6.45) is 1.71. The molecule has 0 aromatic carbocycles. The molecule has 0 amide bonds. The minimum absolute atomic E-state index is 0.193. The van der Waals surface area contributed by atoms with E-state index in [0.29, 0.717) is 12.2 Å². The highest BCUT2D eigenvalue weighted by Gasteiger charge is 2.23. The number of thiazole rings is 1. The zero-order valence-electron chi connectivity index (χ0n) is 9.90. The Balaban J connectivity index is 1.92. The van der Waals surface area contributed by atoms with Gasteiger partial charge in [-0.2, -0.15) is 0 Å². The summed E-state index contributed by atoms with van der Waals surface area (Å²) in [6, 6.07) is 0. The van der Waals surface area contributed by atoms with E-state index >= 15 is 0 Å². The minimum Gasteiger partial charge on any atom is -0.299 e. The van der Waals surface area contributed by atoms with Gasteiger partial charge in [-0.3, -0.25) is 9.69 Å². The van der Waals surface area contributed by atoms with Crippen LogP contribution in [0.1, 0.15) is 31.0 Å². The number of ketones is 1. The summed E-state index contributed by atoms with van der Waals surface area (Å²) in [5.41, 5.74) is 1.16. The van der Waals surface area contributed by atoms with Crippen LogP contribution in [0.3, 0.4) is 0 Å². The maximum absolute atomic E-state index is 11.4. The average molecular weight is 238 g/mol. The van der Waals surface area contributed by atoms with Gasteiger partial charge in [-0.1, -0.05) is 13.8 Å². The molecule has 0 N–H and O–H groups in total. The third-order valence-electron chi connectivity index (χ3n) is 3.04. The maximum Gasteiger partial charge on any atom is 0.138 e. The van der Waals surface area contributed by atoms with Crippen LogP contribution in [0.25, 0.3) is 0 Å². The lowest BCUT2D eigenvalue weighted by atomic mass is 9.99. The first-order valence-electron chi connectivity index (χ1n) is 5.87. The van der Waals surface area contributed by atoms with Crippen molar-refractivity contribution in [2.75, 3.05) is 13.1 Å². The predicted octanol–water partition coefficient (Wildman–Crippen LogP) is 2.12. The highest BCUT2D eigenvalue weighted by atomic mass is 32.1. The standard InChI is InChI=1S/C12H18N2OS/c1-3-12-13-10(8-16-12)7-14-5-4-11(15)9(2)6-14/h8-9H,3-7H2,1-2H3. The third kappa shape index (κ3) is 2.68. The van der Waals surface area contributed by atoms with E-state index in [2.05, 4.69) is 22.2 Å². The Kier molecular flexibility index (Phi) is 3.71. The van der Waals surface area contributed by atoms with E-state index in [-0.39, 0.29) is 5.92 Å². The fourth-order valence-electron chi connectivity index (χ4n) is 2.05. The van der Waals surface area contributed by atoms with Crippen LogP contribution in [0.15, 0.2) is 5.38 Å². The summed E-state index contributed by atoms with van der Waals surface area (Å²) < 4.78 is 0. The highest BCUT2D eigenvalue weighted by Crippen LogP contribution is 2.17. The Bertz CT molecular complexity index is 375. The van der Waals surface area contributed by atoms with E-state index in [9.17, 15) is 4.79 Å². The fourth-order valence-corrected chi connectivity index (χ4v) is 2.79. The van der Waals surface area contributed by atoms with Crippen molar-refractivity contribution in [1.29, 1.82) is 0 Å². The number of piperidine rings is 1. The maximum atomic E-state index is 11.4. The van der Waals surface area contributed by atoms with E-state index in [1.165, 1.54) is 5.01 Å². The lowest BCUT2D eigenvalue weighted by molar-refractivity contribution is -0.125. The molecule has 2 rings (SSSR count). The quantitative estimate of drug-likeness (QED) is 0.808. The Morgan fingerprint density at radius 3 is 3.06 bits per heavy atom. The van der Waals surface area contributed by atoms with Gasteiger partial charge in [0.15, 0.2) is 0 Å². The molecule has 0 aliphatic carbocycles. The lowest BCUT2D eigenvalue weighted by Gasteiger charge is -2.29. The second kappa shape index (κ2) is 5.06. The number of Topliss-reactive ketones (excluding diaryl/α,β-unsaturated/α-hetero) is 1. The van der Waals surface area contributed by atoms with Crippen molar-refractivity contribution >= 4 is 17.1 Å². The van der Waals surface area contributed by atoms with Gasteiger partial charge in [0.1, 0.15) is 5.78 Å². The molecule has 1 fully saturated rings. The summed E-state index contributed by atoms with van der Waals surface area (Å²) in [5.74, 6) is 0.599. The van der Waals surface area contributed by atoms with Crippen molar-refractivity contribution in [2.24, 2.45) is 5.92 Å². The van der Waals surface area contributed by atoms with E-state index in [1.807, 2.05) is 6.92 Å². The Morgan fingerprint density at radius 1 is 1.62 bits per heavy atom. The zero-order valence-corrected chi connectivity index (χ0v) is 10.7. The van der Waals surface area contributed by atoms with Crippen LogP contribution in [0.5, 0.6) is 0 Å². The molecule has 1 aromatic heterocycles. The van der Waals surface area contributed by atoms with Gasteiger partial charge < -0.3 is 0 Å². The van der Waals surface area contributed by atoms with Crippen molar-refractivity contribution in [3.63, 3.8) is 0 Å². The molecule has 1 saturated heterocycles. The monoisotopic (exact) mass is 238 g/mol. The van der Waals surface area contributed by atoms with Gasteiger partial charge in [-0.05, 0) is 6.42 Å². The van der Waals surface area contributed by atoms with Crippen molar-refractivity contribution in [3.05, 3.63) is 16.1 Å². The van der Waals surface area contributed by atoms with Gasteiger partial charge in [0, 0.05) is 37.4 Å². The molecule has 1 atom stereocenters. The number of hydrogen-bond donors (Lipinski definition) is 0. The molecule has 2 heterocycles. The first-order valence-corrected chi connectivity index (χ1v) is 6.75. The predicted molar refractivity (Wildman–Crippen MR) is 65.6 cm³/mol. The van der Waals surface area contributed by atoms with Crippen molar-refractivity contribution in [2.45, 2.75) is 33.2 Å². The molecular formula is C12H18N2OS. The van der Waals surface area contributed by atoms with Crippen molar-refractivity contribution in [1.82, 2.24) is 9.88 Å². The number of aromatic nitrogens is 1. The van der Waals surface area contributed by atoms with E-state index < -0.39 is 0 Å². The third-order valence-corrected chi connectivity index (χ3v) is 4.09. The van der Waals surface area contributed by atoms with Gasteiger partial charge >= 0.3 is 0 Å². The lowest BCUT2D eigenvalue weighted by Crippen LogP contribution is -2.39. The SMILES string of the molecule is CCc1nc(CN2CCC(=O)C(C)C2)cs1. The smallest absolute Gasteiger partial charge is 0.138 e. The Morgan fingerprint density at radius 2 is 2.44 bits per heavy atom. The largest absolute Gasteiger partial charge is 0.299 e. The van der Waals surface area contributed by atoms with Crippen LogP contribution >= 0.6 is 11.3 Å². The fraction of sp³-hybridized carbons (Fsp3) is 0.667. The number of aryl methyl sites for hydroxylation is 1. The normalized spacial score (nSPS) is 22.6. The number of carbonyl (C=O) groups is 1. The second-order valence-corrected chi connectivity index (χ2v) is 5.38. The molecular weight excluding hydrogens is 220 g/mol. The molecule has 0 bridgehead atoms. The Hall–Kier alpha value is -0.740. The van der Waals surface area contributed by atoms with Gasteiger partial charge in [-0.15, -0.1) is 11.3 Å². The average Bonchev–Trinajstić information content (AvgIpc) is 2.71. The van der Waals surface area contributed by atoms with Gasteiger partial charge in [0.05, 0.1) is 10.7 Å². The molecule has 0 radical (unpaired) electrons. The van der Waals surface area contributed by atoms with Crippen LogP contribution in [0, 0.1) is 5.92 Å². The summed E-state index contributed by atoms with van der Waals surface area (Å²) >= 11 is 1.73. The zero-order chi connectivity index (χ0) is 11.5. The second-order valence-electron chi connectivity index (χ2n) is 4.44.